The van der Waals surface area contributed by atoms with Crippen LogP contribution in [0.3, 0.4) is 0 Å². The van der Waals surface area contributed by atoms with Crippen molar-refractivity contribution in [3.8, 4) is 0 Å². The molecule has 3 amide bonds. The Kier molecular flexibility index (Phi) is 9.48. The van der Waals surface area contributed by atoms with E-state index in [1.807, 2.05) is 0 Å². The van der Waals surface area contributed by atoms with E-state index < -0.39 is 62.3 Å². The number of anilines is 1. The molecule has 0 bridgehead atoms. The fraction of sp³-hybridized carbons (Fsp3) is 0.471. The molecule has 0 saturated carbocycles. The summed E-state index contributed by atoms with van der Waals surface area (Å²) in [5.41, 5.74) is -0.0900. The number of benzene rings is 1. The van der Waals surface area contributed by atoms with E-state index >= 15 is 0 Å². The molecule has 0 saturated heterocycles. The summed E-state index contributed by atoms with van der Waals surface area (Å²) < 4.78 is 0. The summed E-state index contributed by atoms with van der Waals surface area (Å²) in [6, 6.07) is 1.84. The predicted molar refractivity (Wildman–Crippen MR) is 97.6 cm³/mol. The largest absolute Gasteiger partial charge is 0.394 e. The van der Waals surface area contributed by atoms with Crippen molar-refractivity contribution in [3.63, 3.8) is 0 Å². The van der Waals surface area contributed by atoms with Gasteiger partial charge in [0.1, 0.15) is 6.10 Å². The number of hydrogen-bond acceptors (Lipinski definition) is 8. The molecule has 0 fully saturated rings. The minimum Gasteiger partial charge on any atom is -0.394 e. The lowest BCUT2D eigenvalue weighted by atomic mass is 10.1. The van der Waals surface area contributed by atoms with Gasteiger partial charge in [-0.2, -0.15) is 0 Å². The Morgan fingerprint density at radius 1 is 0.821 bits per heavy atom. The summed E-state index contributed by atoms with van der Waals surface area (Å²) in [4.78, 5) is 36.4. The second-order valence-corrected chi connectivity index (χ2v) is 6.04. The zero-order valence-electron chi connectivity index (χ0n) is 15.3. The Morgan fingerprint density at radius 3 is 1.54 bits per heavy atom. The predicted octanol–water partition coefficient (Wildman–Crippen LogP) is -2.83. The van der Waals surface area contributed by atoms with Gasteiger partial charge in [0.25, 0.3) is 17.7 Å². The number of aliphatic hydroxyl groups excluding tert-OH is 5. The molecule has 0 aliphatic rings. The first kappa shape index (κ1) is 23.5. The van der Waals surface area contributed by atoms with E-state index in [2.05, 4.69) is 16.0 Å². The molecule has 11 nitrogen and oxygen atoms in total. The van der Waals surface area contributed by atoms with Crippen molar-refractivity contribution in [3.05, 3.63) is 29.3 Å². The third kappa shape index (κ3) is 6.87. The lowest BCUT2D eigenvalue weighted by Crippen LogP contribution is -2.41. The number of hydrogen-bond donors (Lipinski definition) is 8. The summed E-state index contributed by atoms with van der Waals surface area (Å²) in [7, 11) is 0. The van der Waals surface area contributed by atoms with Crippen molar-refractivity contribution in [2.75, 3.05) is 31.7 Å². The quantitative estimate of drug-likeness (QED) is 0.207. The second kappa shape index (κ2) is 11.3. The molecule has 156 valence electrons. The van der Waals surface area contributed by atoms with Gasteiger partial charge in [0.05, 0.1) is 38.5 Å². The molecule has 11 heteroatoms. The summed E-state index contributed by atoms with van der Waals surface area (Å²) in [5, 5.41) is 52.7. The first-order valence-electron chi connectivity index (χ1n) is 8.44. The maximum absolute atomic E-state index is 12.3. The summed E-state index contributed by atoms with van der Waals surface area (Å²) >= 11 is 0. The van der Waals surface area contributed by atoms with Crippen LogP contribution in [-0.2, 0) is 4.79 Å². The molecule has 0 aromatic heterocycles. The van der Waals surface area contributed by atoms with Crippen molar-refractivity contribution in [2.45, 2.75) is 25.1 Å². The normalized spacial score (nSPS) is 12.0. The van der Waals surface area contributed by atoms with E-state index in [0.29, 0.717) is 0 Å². The number of carbonyl (C=O) groups excluding carboxylic acids is 3. The summed E-state index contributed by atoms with van der Waals surface area (Å²) in [6.45, 7) is -0.809. The molecule has 0 spiro atoms. The minimum atomic E-state index is -1.34. The highest BCUT2D eigenvalue weighted by molar-refractivity contribution is 6.03. The van der Waals surface area contributed by atoms with Crippen LogP contribution in [0, 0.1) is 0 Å². The van der Waals surface area contributed by atoms with Crippen LogP contribution in [0.15, 0.2) is 18.2 Å². The van der Waals surface area contributed by atoms with Crippen LogP contribution >= 0.6 is 0 Å². The maximum atomic E-state index is 12.3. The Morgan fingerprint density at radius 2 is 1.21 bits per heavy atom. The highest BCUT2D eigenvalue weighted by Crippen LogP contribution is 2.16. The lowest BCUT2D eigenvalue weighted by molar-refractivity contribution is -0.123. The fourth-order valence-corrected chi connectivity index (χ4v) is 2.04. The standard InChI is InChI=1S/C17H25N3O8/c1-9(25)15(26)18-12-3-10(16(27)19-13(5-21)6-22)2-11(4-12)17(28)20-14(7-23)8-24/h2-4,9,13-14,21-25H,5-8H2,1H3,(H,18,26)(H,19,27)(H,20,28). The first-order valence-corrected chi connectivity index (χ1v) is 8.44. The minimum absolute atomic E-state index is 0.0396. The average Bonchev–Trinajstić information content (AvgIpc) is 2.69. The van der Waals surface area contributed by atoms with Gasteiger partial charge < -0.3 is 41.5 Å². The molecule has 0 aliphatic carbocycles. The van der Waals surface area contributed by atoms with Gasteiger partial charge in [-0.25, -0.2) is 0 Å². The van der Waals surface area contributed by atoms with Gasteiger partial charge in [-0.15, -0.1) is 0 Å². The van der Waals surface area contributed by atoms with E-state index in [9.17, 15) is 19.5 Å². The van der Waals surface area contributed by atoms with Crippen LogP contribution < -0.4 is 16.0 Å². The van der Waals surface area contributed by atoms with Gasteiger partial charge in [-0.1, -0.05) is 0 Å². The van der Waals surface area contributed by atoms with Gasteiger partial charge in [0.15, 0.2) is 0 Å². The van der Waals surface area contributed by atoms with E-state index in [1.165, 1.54) is 25.1 Å². The van der Waals surface area contributed by atoms with Crippen LogP contribution in [0.4, 0.5) is 5.69 Å². The molecular weight excluding hydrogens is 374 g/mol. The number of rotatable bonds is 10. The summed E-state index contributed by atoms with van der Waals surface area (Å²) in [6.07, 6.45) is -1.34. The third-order valence-corrected chi connectivity index (χ3v) is 3.66. The zero-order chi connectivity index (χ0) is 21.3. The monoisotopic (exact) mass is 399 g/mol. The summed E-state index contributed by atoms with van der Waals surface area (Å²) in [5.74, 6) is -2.22. The van der Waals surface area contributed by atoms with Crippen LogP contribution in [0.25, 0.3) is 0 Å². The molecule has 28 heavy (non-hydrogen) atoms. The van der Waals surface area contributed by atoms with Gasteiger partial charge in [-0.3, -0.25) is 14.4 Å². The number of aliphatic hydroxyl groups is 5. The molecule has 8 N–H and O–H groups in total. The van der Waals surface area contributed by atoms with Crippen LogP contribution in [0.5, 0.6) is 0 Å². The Hall–Kier alpha value is -2.57. The third-order valence-electron chi connectivity index (χ3n) is 3.66. The highest BCUT2D eigenvalue weighted by Gasteiger charge is 2.19. The van der Waals surface area contributed by atoms with Gasteiger partial charge in [0, 0.05) is 16.8 Å². The average molecular weight is 399 g/mol. The molecule has 1 rings (SSSR count). The zero-order valence-corrected chi connectivity index (χ0v) is 15.3. The maximum Gasteiger partial charge on any atom is 0.252 e. The molecule has 0 aliphatic heterocycles. The number of amides is 3. The van der Waals surface area contributed by atoms with Crippen molar-refractivity contribution in [1.82, 2.24) is 10.6 Å². The van der Waals surface area contributed by atoms with Crippen LogP contribution in [-0.4, -0.2) is 87.9 Å². The smallest absolute Gasteiger partial charge is 0.252 e. The van der Waals surface area contributed by atoms with Crippen molar-refractivity contribution < 1.29 is 39.9 Å². The molecular formula is C17H25N3O8. The van der Waals surface area contributed by atoms with E-state index in [-0.39, 0.29) is 16.8 Å². The van der Waals surface area contributed by atoms with Crippen LogP contribution in [0.1, 0.15) is 27.6 Å². The molecule has 1 unspecified atom stereocenters. The van der Waals surface area contributed by atoms with E-state index in [4.69, 9.17) is 20.4 Å². The SMILES string of the molecule is CC(O)C(=O)Nc1cc(C(=O)NC(CO)CO)cc(C(=O)NC(CO)CO)c1. The Bertz CT molecular complexity index is 643. The van der Waals surface area contributed by atoms with Gasteiger partial charge in [0.2, 0.25) is 0 Å². The second-order valence-electron chi connectivity index (χ2n) is 6.04. The van der Waals surface area contributed by atoms with E-state index in [0.717, 1.165) is 0 Å². The molecule has 1 atom stereocenters. The lowest BCUT2D eigenvalue weighted by Gasteiger charge is -2.17. The highest BCUT2D eigenvalue weighted by atomic mass is 16.3. The fourth-order valence-electron chi connectivity index (χ4n) is 2.04. The topological polar surface area (TPSA) is 188 Å². The molecule has 1 aromatic carbocycles. The van der Waals surface area contributed by atoms with E-state index in [1.54, 1.807) is 0 Å². The molecule has 0 radical (unpaired) electrons. The Labute approximate surface area is 161 Å². The van der Waals surface area contributed by atoms with Crippen molar-refractivity contribution >= 4 is 23.4 Å². The van der Waals surface area contributed by atoms with Crippen LogP contribution in [0.2, 0.25) is 0 Å². The van der Waals surface area contributed by atoms with Crippen molar-refractivity contribution in [1.29, 1.82) is 0 Å². The first-order chi connectivity index (χ1) is 13.2. The molecule has 1 aromatic rings. The number of nitrogens with one attached hydrogen (secondary N) is 3. The molecule has 0 heterocycles. The van der Waals surface area contributed by atoms with Gasteiger partial charge in [-0.05, 0) is 25.1 Å². The van der Waals surface area contributed by atoms with Crippen molar-refractivity contribution in [2.24, 2.45) is 0 Å². The Balaban J connectivity index is 3.21. The van der Waals surface area contributed by atoms with Gasteiger partial charge >= 0.3 is 0 Å². The number of carbonyl (C=O) groups is 3.